The summed E-state index contributed by atoms with van der Waals surface area (Å²) < 4.78 is 46.4. The molecule has 2 aromatic heterocycles. The maximum atomic E-state index is 12.7. The SMILES string of the molecule is Cc1cc(C(F)(F)F)nn1CCCNC(=O)c1ccnn1COc1ccc(Cl)cc1. The second-order valence-electron chi connectivity index (χ2n) is 6.44. The number of carbonyl (C=O) groups excluding carboxylic acids is 1. The van der Waals surface area contributed by atoms with E-state index in [-0.39, 0.29) is 25.7 Å². The zero-order valence-electron chi connectivity index (χ0n) is 16.0. The van der Waals surface area contributed by atoms with Gasteiger partial charge in [-0.1, -0.05) is 11.6 Å². The molecule has 0 unspecified atom stereocenters. The maximum Gasteiger partial charge on any atom is 0.435 e. The molecule has 3 rings (SSSR count). The predicted octanol–water partition coefficient (Wildman–Crippen LogP) is 3.92. The number of benzene rings is 1. The fraction of sp³-hybridized carbons (Fsp3) is 0.316. The average Bonchev–Trinajstić information content (AvgIpc) is 3.31. The van der Waals surface area contributed by atoms with Crippen molar-refractivity contribution in [2.45, 2.75) is 32.8 Å². The maximum absolute atomic E-state index is 12.7. The lowest BCUT2D eigenvalue weighted by Crippen LogP contribution is -2.28. The van der Waals surface area contributed by atoms with Crippen LogP contribution in [-0.2, 0) is 19.5 Å². The number of aromatic nitrogens is 4. The van der Waals surface area contributed by atoms with Crippen LogP contribution in [0.4, 0.5) is 13.2 Å². The Labute approximate surface area is 175 Å². The van der Waals surface area contributed by atoms with E-state index in [0.29, 0.717) is 28.6 Å². The number of nitrogens with zero attached hydrogens (tertiary/aromatic N) is 4. The van der Waals surface area contributed by atoms with E-state index >= 15 is 0 Å². The zero-order valence-corrected chi connectivity index (χ0v) is 16.7. The summed E-state index contributed by atoms with van der Waals surface area (Å²) in [5.74, 6) is 0.217. The van der Waals surface area contributed by atoms with Crippen LogP contribution in [0.5, 0.6) is 5.75 Å². The predicted molar refractivity (Wildman–Crippen MR) is 103 cm³/mol. The van der Waals surface area contributed by atoms with Crippen molar-refractivity contribution in [3.8, 4) is 5.75 Å². The highest BCUT2D eigenvalue weighted by atomic mass is 35.5. The van der Waals surface area contributed by atoms with E-state index < -0.39 is 11.9 Å². The van der Waals surface area contributed by atoms with Gasteiger partial charge < -0.3 is 10.1 Å². The molecule has 0 bridgehead atoms. The van der Waals surface area contributed by atoms with Gasteiger partial charge in [0.25, 0.3) is 5.91 Å². The number of ether oxygens (including phenoxy) is 1. The number of halogens is 4. The van der Waals surface area contributed by atoms with Gasteiger partial charge in [0.2, 0.25) is 0 Å². The highest BCUT2D eigenvalue weighted by Gasteiger charge is 2.34. The Hall–Kier alpha value is -3.01. The number of hydrogen-bond donors (Lipinski definition) is 1. The number of rotatable bonds is 8. The average molecular weight is 442 g/mol. The minimum Gasteiger partial charge on any atom is -0.471 e. The van der Waals surface area contributed by atoms with Crippen molar-refractivity contribution >= 4 is 17.5 Å². The Bertz CT molecular complexity index is 999. The number of nitrogens with one attached hydrogen (secondary N) is 1. The van der Waals surface area contributed by atoms with E-state index in [9.17, 15) is 18.0 Å². The minimum atomic E-state index is -4.48. The smallest absolute Gasteiger partial charge is 0.435 e. The van der Waals surface area contributed by atoms with E-state index in [4.69, 9.17) is 16.3 Å². The second kappa shape index (κ2) is 9.21. The molecule has 1 amide bonds. The number of carbonyl (C=O) groups is 1. The summed E-state index contributed by atoms with van der Waals surface area (Å²) in [6.45, 7) is 2.11. The Morgan fingerprint density at radius 3 is 2.60 bits per heavy atom. The molecule has 0 saturated heterocycles. The van der Waals surface area contributed by atoms with E-state index in [2.05, 4.69) is 15.5 Å². The third-order valence-electron chi connectivity index (χ3n) is 4.22. The van der Waals surface area contributed by atoms with Crippen LogP contribution >= 0.6 is 11.6 Å². The Kier molecular flexibility index (Phi) is 6.66. The molecule has 0 aliphatic heterocycles. The van der Waals surface area contributed by atoms with Gasteiger partial charge in [-0.05, 0) is 49.7 Å². The molecule has 1 aromatic carbocycles. The van der Waals surface area contributed by atoms with Gasteiger partial charge in [-0.3, -0.25) is 9.48 Å². The van der Waals surface area contributed by atoms with E-state index in [1.807, 2.05) is 0 Å². The van der Waals surface area contributed by atoms with Crippen LogP contribution in [0.25, 0.3) is 0 Å². The first-order valence-electron chi connectivity index (χ1n) is 9.04. The molecule has 7 nitrogen and oxygen atoms in total. The molecular weight excluding hydrogens is 423 g/mol. The van der Waals surface area contributed by atoms with E-state index in [1.165, 1.54) is 15.6 Å². The number of amides is 1. The standard InChI is InChI=1S/C19H19ClF3N5O2/c1-13-11-17(19(21,22)23)26-27(13)10-2-8-24-18(29)16-7-9-25-28(16)12-30-15-5-3-14(20)4-6-15/h3-7,9,11H,2,8,10,12H2,1H3,(H,24,29). The Balaban J connectivity index is 1.48. The van der Waals surface area contributed by atoms with Gasteiger partial charge >= 0.3 is 6.18 Å². The van der Waals surface area contributed by atoms with Crippen LogP contribution in [0.15, 0.2) is 42.6 Å². The van der Waals surface area contributed by atoms with Crippen LogP contribution in [0, 0.1) is 6.92 Å². The fourth-order valence-corrected chi connectivity index (χ4v) is 2.82. The molecule has 30 heavy (non-hydrogen) atoms. The summed E-state index contributed by atoms with van der Waals surface area (Å²) >= 11 is 5.83. The van der Waals surface area contributed by atoms with Crippen molar-refractivity contribution in [3.63, 3.8) is 0 Å². The van der Waals surface area contributed by atoms with Gasteiger partial charge in [0.1, 0.15) is 11.4 Å². The first-order chi connectivity index (χ1) is 14.2. The lowest BCUT2D eigenvalue weighted by molar-refractivity contribution is -0.141. The molecule has 2 heterocycles. The molecule has 0 spiro atoms. The largest absolute Gasteiger partial charge is 0.471 e. The zero-order chi connectivity index (χ0) is 21.7. The topological polar surface area (TPSA) is 74.0 Å². The summed E-state index contributed by atoms with van der Waals surface area (Å²) in [7, 11) is 0. The van der Waals surface area contributed by atoms with E-state index in [0.717, 1.165) is 6.07 Å². The number of alkyl halides is 3. The van der Waals surface area contributed by atoms with Crippen molar-refractivity contribution < 1.29 is 22.7 Å². The van der Waals surface area contributed by atoms with Gasteiger partial charge in [0.05, 0.1) is 0 Å². The third-order valence-corrected chi connectivity index (χ3v) is 4.47. The fourth-order valence-electron chi connectivity index (χ4n) is 2.69. The van der Waals surface area contributed by atoms with Gasteiger partial charge in [-0.25, -0.2) is 4.68 Å². The molecule has 0 aliphatic carbocycles. The molecule has 0 saturated carbocycles. The summed E-state index contributed by atoms with van der Waals surface area (Å²) in [5, 5.41) is 10.9. The monoisotopic (exact) mass is 441 g/mol. The molecule has 11 heteroatoms. The number of hydrogen-bond acceptors (Lipinski definition) is 4. The quantitative estimate of drug-likeness (QED) is 0.538. The molecule has 0 atom stereocenters. The van der Waals surface area contributed by atoms with Crippen molar-refractivity contribution in [1.29, 1.82) is 0 Å². The third kappa shape index (κ3) is 5.53. The van der Waals surface area contributed by atoms with Gasteiger partial charge in [0.15, 0.2) is 12.4 Å². The molecule has 0 fully saturated rings. The first-order valence-corrected chi connectivity index (χ1v) is 9.42. The highest BCUT2D eigenvalue weighted by molar-refractivity contribution is 6.30. The first kappa shape index (κ1) is 21.7. The lowest BCUT2D eigenvalue weighted by atomic mass is 10.3. The molecule has 0 aliphatic rings. The summed E-state index contributed by atoms with van der Waals surface area (Å²) in [6.07, 6.45) is -2.58. The van der Waals surface area contributed by atoms with Crippen molar-refractivity contribution in [2.75, 3.05) is 6.54 Å². The minimum absolute atomic E-state index is 0.0318. The van der Waals surface area contributed by atoms with Crippen molar-refractivity contribution in [1.82, 2.24) is 24.9 Å². The van der Waals surface area contributed by atoms with Crippen LogP contribution in [0.2, 0.25) is 5.02 Å². The van der Waals surface area contributed by atoms with Crippen LogP contribution in [0.1, 0.15) is 28.3 Å². The molecule has 3 aromatic rings. The van der Waals surface area contributed by atoms with E-state index in [1.54, 1.807) is 37.3 Å². The van der Waals surface area contributed by atoms with Crippen LogP contribution < -0.4 is 10.1 Å². The second-order valence-corrected chi connectivity index (χ2v) is 6.88. The van der Waals surface area contributed by atoms with Crippen molar-refractivity contribution in [2.24, 2.45) is 0 Å². The molecular formula is C19H19ClF3N5O2. The highest BCUT2D eigenvalue weighted by Crippen LogP contribution is 2.28. The van der Waals surface area contributed by atoms with Gasteiger partial charge in [0, 0.05) is 30.0 Å². The summed E-state index contributed by atoms with van der Waals surface area (Å²) in [5.41, 5.74) is -0.210. The Morgan fingerprint density at radius 2 is 1.93 bits per heavy atom. The lowest BCUT2D eigenvalue weighted by Gasteiger charge is -2.10. The van der Waals surface area contributed by atoms with Crippen molar-refractivity contribution in [3.05, 3.63) is 64.7 Å². The molecule has 1 N–H and O–H groups in total. The van der Waals surface area contributed by atoms with Gasteiger partial charge in [-0.2, -0.15) is 23.4 Å². The summed E-state index contributed by atoms with van der Waals surface area (Å²) in [6, 6.07) is 9.32. The Morgan fingerprint density at radius 1 is 1.20 bits per heavy atom. The van der Waals surface area contributed by atoms with Gasteiger partial charge in [-0.15, -0.1) is 0 Å². The number of aryl methyl sites for hydroxylation is 2. The summed E-state index contributed by atoms with van der Waals surface area (Å²) in [4.78, 5) is 12.4. The molecule has 160 valence electrons. The molecule has 0 radical (unpaired) electrons. The van der Waals surface area contributed by atoms with Crippen LogP contribution in [-0.4, -0.2) is 32.0 Å². The van der Waals surface area contributed by atoms with Crippen LogP contribution in [0.3, 0.4) is 0 Å². The normalized spacial score (nSPS) is 11.5.